The number of ether oxygens (including phenoxy) is 1. The van der Waals surface area contributed by atoms with Crippen LogP contribution in [0, 0.1) is 0 Å². The van der Waals surface area contributed by atoms with Crippen molar-refractivity contribution in [2.75, 3.05) is 12.4 Å². The van der Waals surface area contributed by atoms with Crippen molar-refractivity contribution in [2.45, 2.75) is 24.9 Å². The van der Waals surface area contributed by atoms with Gasteiger partial charge in [0.1, 0.15) is 17.3 Å². The summed E-state index contributed by atoms with van der Waals surface area (Å²) in [6, 6.07) is 25.4. The summed E-state index contributed by atoms with van der Waals surface area (Å²) in [6.07, 6.45) is 1.33. The third-order valence-electron chi connectivity index (χ3n) is 5.95. The Hall–Kier alpha value is -3.04. The molecule has 1 aliphatic rings. The van der Waals surface area contributed by atoms with Crippen molar-refractivity contribution in [1.82, 2.24) is 9.59 Å². The first-order valence-electron chi connectivity index (χ1n) is 11.1. The summed E-state index contributed by atoms with van der Waals surface area (Å²) in [7, 11) is 1.86. The Morgan fingerprint density at radius 1 is 1.00 bits per heavy atom. The van der Waals surface area contributed by atoms with E-state index in [0.29, 0.717) is 25.9 Å². The molecule has 1 fully saturated rings. The van der Waals surface area contributed by atoms with Crippen LogP contribution in [-0.2, 0) is 26.3 Å². The van der Waals surface area contributed by atoms with Crippen molar-refractivity contribution in [3.63, 3.8) is 0 Å². The quantitative estimate of drug-likeness (QED) is 0.280. The van der Waals surface area contributed by atoms with Gasteiger partial charge in [0.25, 0.3) is 6.47 Å². The molecule has 1 aliphatic carbocycles. The average Bonchev–Trinajstić information content (AvgIpc) is 3.59. The third-order valence-corrected chi connectivity index (χ3v) is 6.69. The van der Waals surface area contributed by atoms with E-state index in [1.165, 1.54) is 11.5 Å². The van der Waals surface area contributed by atoms with Crippen LogP contribution >= 0.6 is 11.5 Å². The van der Waals surface area contributed by atoms with Crippen LogP contribution in [0.5, 0.6) is 0 Å². The number of carboxylic acid groups (broad SMARTS) is 1. The Morgan fingerprint density at radius 2 is 1.58 bits per heavy atom. The first kappa shape index (κ1) is 27.5. The summed E-state index contributed by atoms with van der Waals surface area (Å²) in [5, 5.41) is 19.5. The number of hydrogen-bond donors (Lipinski definition) is 1. The normalized spacial score (nSPS) is 12.8. The van der Waals surface area contributed by atoms with Crippen molar-refractivity contribution in [3.8, 4) is 22.4 Å². The van der Waals surface area contributed by atoms with Crippen molar-refractivity contribution in [3.05, 3.63) is 90.0 Å². The van der Waals surface area contributed by atoms with E-state index in [4.69, 9.17) is 0 Å². The number of carboxylic acids is 1. The van der Waals surface area contributed by atoms with Crippen LogP contribution < -0.4 is 40.0 Å². The summed E-state index contributed by atoms with van der Waals surface area (Å²) >= 11 is 1.33. The molecule has 1 saturated carbocycles. The topological polar surface area (TPSA) is 104 Å². The number of benzene rings is 3. The Kier molecular flexibility index (Phi) is 9.78. The number of anilines is 1. The second-order valence-electron chi connectivity index (χ2n) is 8.12. The number of aromatic nitrogens is 2. The predicted molar refractivity (Wildman–Crippen MR) is 134 cm³/mol. The second-order valence-corrected chi connectivity index (χ2v) is 8.87. The minimum absolute atomic E-state index is 0. The van der Waals surface area contributed by atoms with Crippen molar-refractivity contribution in [1.29, 1.82) is 0 Å². The number of aliphatic carboxylic acids is 1. The largest absolute Gasteiger partial charge is 1.00 e. The van der Waals surface area contributed by atoms with Crippen LogP contribution in [0.4, 0.5) is 5.00 Å². The van der Waals surface area contributed by atoms with Crippen molar-refractivity contribution < 1.29 is 49.0 Å². The zero-order chi connectivity index (χ0) is 24.7. The van der Waals surface area contributed by atoms with Gasteiger partial charge in [0.2, 0.25) is 0 Å². The van der Waals surface area contributed by atoms with Gasteiger partial charge in [0.15, 0.2) is 0 Å². The molecule has 36 heavy (non-hydrogen) atoms. The van der Waals surface area contributed by atoms with Gasteiger partial charge in [0.05, 0.1) is 5.97 Å². The molecule has 178 valence electrons. The van der Waals surface area contributed by atoms with E-state index in [-0.39, 0.29) is 29.6 Å². The minimum atomic E-state index is -0.971. The second kappa shape index (κ2) is 12.8. The number of nitrogens with zero attached hydrogens (tertiary/aromatic N) is 2. The summed E-state index contributed by atoms with van der Waals surface area (Å²) in [5.74, 6) is -0.971. The molecule has 5 rings (SSSR count). The van der Waals surface area contributed by atoms with E-state index in [9.17, 15) is 14.7 Å². The van der Waals surface area contributed by atoms with Crippen LogP contribution in [0.2, 0.25) is 0 Å². The van der Waals surface area contributed by atoms with E-state index in [1.54, 1.807) is 0 Å². The molecule has 1 heterocycles. The fourth-order valence-corrected chi connectivity index (χ4v) is 4.33. The van der Waals surface area contributed by atoms with Crippen LogP contribution in [0.25, 0.3) is 22.4 Å². The van der Waals surface area contributed by atoms with Gasteiger partial charge < -0.3 is 20.0 Å². The maximum atomic E-state index is 11.3. The summed E-state index contributed by atoms with van der Waals surface area (Å²) in [4.78, 5) is 21.1. The fraction of sp³-hybridized carbons (Fsp3) is 0.185. The van der Waals surface area contributed by atoms with Crippen LogP contribution in [0.3, 0.4) is 0 Å². The van der Waals surface area contributed by atoms with Gasteiger partial charge in [-0.25, -0.2) is 0 Å². The van der Waals surface area contributed by atoms with Crippen LogP contribution in [0.15, 0.2) is 78.9 Å². The number of carbonyl (C=O) groups is 2. The minimum Gasteiger partial charge on any atom is -0.549 e. The number of rotatable bonds is 8. The molecular formula is C27H24N3NaO4S. The standard InChI is InChI=1S/C19H17N3O2S.C8H8O2.Na/c1-20-17-16(21-22-25-17)14-4-2-12(3-5-14)13-6-8-15(9-7-13)19(10-11-19)18(23)24;9-7-10-6-8-4-2-1-3-5-8;/h2-9,20H,10-11H2,1H3,(H,23,24);1-5,7H,6H2;/q;;+1/p-1. The van der Waals surface area contributed by atoms with Crippen LogP contribution in [-0.4, -0.2) is 29.1 Å². The molecule has 7 nitrogen and oxygen atoms in total. The molecule has 0 bridgehead atoms. The fourth-order valence-electron chi connectivity index (χ4n) is 3.79. The van der Waals surface area contributed by atoms with Gasteiger partial charge in [0, 0.05) is 29.6 Å². The molecular weight excluding hydrogens is 485 g/mol. The van der Waals surface area contributed by atoms with Crippen molar-refractivity contribution >= 4 is 29.0 Å². The van der Waals surface area contributed by atoms with E-state index in [2.05, 4.69) is 19.6 Å². The maximum Gasteiger partial charge on any atom is 1.00 e. The van der Waals surface area contributed by atoms with Crippen molar-refractivity contribution in [2.24, 2.45) is 0 Å². The molecule has 9 heteroatoms. The molecule has 0 spiro atoms. The van der Waals surface area contributed by atoms with E-state index in [0.717, 1.165) is 38.5 Å². The van der Waals surface area contributed by atoms with Gasteiger partial charge in [-0.2, -0.15) is 0 Å². The first-order valence-corrected chi connectivity index (χ1v) is 11.9. The Labute approximate surface area is 236 Å². The van der Waals surface area contributed by atoms with Crippen LogP contribution in [0.1, 0.15) is 24.0 Å². The Balaban J connectivity index is 0.000000278. The van der Waals surface area contributed by atoms with Gasteiger partial charge in [-0.3, -0.25) is 4.79 Å². The maximum absolute atomic E-state index is 11.3. The molecule has 0 unspecified atom stereocenters. The molecule has 3 aromatic carbocycles. The molecule has 1 aromatic heterocycles. The summed E-state index contributed by atoms with van der Waals surface area (Å²) in [5.41, 5.74) is 5.06. The average molecular weight is 510 g/mol. The smallest absolute Gasteiger partial charge is 0.549 e. The van der Waals surface area contributed by atoms with Gasteiger partial charge in [-0.1, -0.05) is 83.4 Å². The molecule has 0 radical (unpaired) electrons. The van der Waals surface area contributed by atoms with E-state index >= 15 is 0 Å². The number of carbonyl (C=O) groups excluding carboxylic acids is 2. The zero-order valence-electron chi connectivity index (χ0n) is 20.1. The Bertz CT molecular complexity index is 1270. The molecule has 1 N–H and O–H groups in total. The Morgan fingerprint density at radius 3 is 2.11 bits per heavy atom. The number of hydrogen-bond acceptors (Lipinski definition) is 8. The number of nitrogens with one attached hydrogen (secondary N) is 1. The first-order chi connectivity index (χ1) is 17.1. The molecule has 0 aliphatic heterocycles. The van der Waals surface area contributed by atoms with Gasteiger partial charge in [-0.15, -0.1) is 5.10 Å². The predicted octanol–water partition coefficient (Wildman–Crippen LogP) is 1.06. The van der Waals surface area contributed by atoms with E-state index in [1.807, 2.05) is 85.9 Å². The summed E-state index contributed by atoms with van der Waals surface area (Å²) in [6.45, 7) is 0.817. The monoisotopic (exact) mass is 509 g/mol. The zero-order valence-corrected chi connectivity index (χ0v) is 23.0. The van der Waals surface area contributed by atoms with Gasteiger partial charge in [-0.05, 0) is 35.1 Å². The van der Waals surface area contributed by atoms with Gasteiger partial charge >= 0.3 is 29.6 Å². The molecule has 4 aromatic rings. The third kappa shape index (κ3) is 6.39. The molecule has 0 amide bonds. The summed E-state index contributed by atoms with van der Waals surface area (Å²) < 4.78 is 8.52. The van der Waals surface area contributed by atoms with E-state index < -0.39 is 11.4 Å². The molecule has 0 saturated heterocycles. The molecule has 0 atom stereocenters. The SMILES string of the molecule is CNc1snnc1-c1ccc(-c2ccc(C3(C(=O)[O-])CC3)cc2)cc1.O=COCc1ccccc1.[Na+].